The fraction of sp³-hybridized carbons (Fsp3) is 0.276. The molecule has 3 aromatic heterocycles. The van der Waals surface area contributed by atoms with E-state index in [4.69, 9.17) is 4.42 Å². The molecule has 5 aromatic rings. The van der Waals surface area contributed by atoms with Gasteiger partial charge in [-0.15, -0.1) is 10.2 Å². The molecule has 1 amide bonds. The van der Waals surface area contributed by atoms with Gasteiger partial charge < -0.3 is 9.32 Å². The molecule has 9 nitrogen and oxygen atoms in total. The number of carbonyl (C=O) groups is 1. The first kappa shape index (κ1) is 29.1. The average molecular weight is 617 g/mol. The lowest BCUT2D eigenvalue weighted by atomic mass is 10.0. The van der Waals surface area contributed by atoms with E-state index in [1.807, 2.05) is 0 Å². The van der Waals surface area contributed by atoms with E-state index < -0.39 is 41.5 Å². The van der Waals surface area contributed by atoms with Gasteiger partial charge in [0.1, 0.15) is 5.82 Å². The molecule has 6 rings (SSSR count). The number of nitrogens with zero attached hydrogens (tertiary/aromatic N) is 6. The summed E-state index contributed by atoms with van der Waals surface area (Å²) < 4.78 is 86.4. The summed E-state index contributed by atoms with van der Waals surface area (Å²) >= 11 is 0. The predicted octanol–water partition coefficient (Wildman–Crippen LogP) is 5.87. The smallest absolute Gasteiger partial charge is 0.415 e. The van der Waals surface area contributed by atoms with Gasteiger partial charge in [-0.05, 0) is 67.4 Å². The van der Waals surface area contributed by atoms with Gasteiger partial charge in [0.2, 0.25) is 5.89 Å². The van der Waals surface area contributed by atoms with Crippen molar-refractivity contribution in [3.63, 3.8) is 0 Å². The van der Waals surface area contributed by atoms with Gasteiger partial charge in [-0.3, -0.25) is 18.9 Å². The minimum Gasteiger partial charge on any atom is -0.415 e. The van der Waals surface area contributed by atoms with Crippen molar-refractivity contribution in [1.29, 1.82) is 0 Å². The molecule has 0 radical (unpaired) electrons. The summed E-state index contributed by atoms with van der Waals surface area (Å²) in [6, 6.07) is 10.8. The lowest BCUT2D eigenvalue weighted by Gasteiger charge is -2.32. The van der Waals surface area contributed by atoms with E-state index in [2.05, 4.69) is 15.2 Å². The molecule has 2 aromatic carbocycles. The number of fused-ring (bicyclic) bond motifs is 1. The molecule has 0 atom stereocenters. The number of pyridine rings is 1. The Kier molecular flexibility index (Phi) is 7.47. The van der Waals surface area contributed by atoms with Gasteiger partial charge in [0, 0.05) is 30.9 Å². The van der Waals surface area contributed by atoms with Crippen molar-refractivity contribution in [3.05, 3.63) is 99.8 Å². The van der Waals surface area contributed by atoms with Crippen LogP contribution in [-0.2, 0) is 12.7 Å². The van der Waals surface area contributed by atoms with Crippen molar-refractivity contribution in [1.82, 2.24) is 29.2 Å². The van der Waals surface area contributed by atoms with Gasteiger partial charge in [-0.2, -0.15) is 22.0 Å². The van der Waals surface area contributed by atoms with Crippen molar-refractivity contribution < 1.29 is 35.6 Å². The van der Waals surface area contributed by atoms with E-state index in [1.165, 1.54) is 39.9 Å². The van der Waals surface area contributed by atoms with Crippen molar-refractivity contribution in [3.8, 4) is 11.5 Å². The van der Waals surface area contributed by atoms with Crippen LogP contribution in [0.25, 0.3) is 22.5 Å². The second-order valence-corrected chi connectivity index (χ2v) is 10.3. The molecule has 0 spiro atoms. The molecule has 0 N–H and O–H groups in total. The Morgan fingerprint density at radius 3 is 2.32 bits per heavy atom. The number of piperidine rings is 1. The van der Waals surface area contributed by atoms with Crippen LogP contribution in [0.1, 0.15) is 52.8 Å². The number of alkyl halides is 5. The van der Waals surface area contributed by atoms with Gasteiger partial charge in [-0.1, -0.05) is 0 Å². The van der Waals surface area contributed by atoms with Crippen molar-refractivity contribution >= 4 is 16.9 Å². The summed E-state index contributed by atoms with van der Waals surface area (Å²) in [6.07, 6.45) is -5.31. The van der Waals surface area contributed by atoms with Crippen LogP contribution in [0.4, 0.5) is 26.3 Å². The Morgan fingerprint density at radius 2 is 1.70 bits per heavy atom. The minimum absolute atomic E-state index is 0.0244. The largest absolute Gasteiger partial charge is 0.416 e. The average Bonchev–Trinajstić information content (AvgIpc) is 3.61. The SMILES string of the molecule is O=C(c1ccc(C(F)(F)F)cc1)N1CCC(n2c(=O)n(Cc3ccc(-c4nnc(C(F)F)o4)cn3)c3cc(F)ccc32)CC1. The Hall–Kier alpha value is -4.95. The van der Waals surface area contributed by atoms with Crippen LogP contribution < -0.4 is 5.69 Å². The first-order valence-corrected chi connectivity index (χ1v) is 13.4. The third kappa shape index (κ3) is 5.56. The number of likely N-dealkylation sites (tertiary alicyclic amines) is 1. The van der Waals surface area contributed by atoms with E-state index >= 15 is 0 Å². The topological polar surface area (TPSA) is 99.1 Å². The van der Waals surface area contributed by atoms with Crippen LogP contribution in [0.5, 0.6) is 0 Å². The molecule has 0 bridgehead atoms. The first-order valence-electron chi connectivity index (χ1n) is 13.4. The van der Waals surface area contributed by atoms with E-state index in [0.717, 1.165) is 24.3 Å². The van der Waals surface area contributed by atoms with E-state index in [9.17, 15) is 35.9 Å². The lowest BCUT2D eigenvalue weighted by molar-refractivity contribution is -0.137. The highest BCUT2D eigenvalue weighted by Gasteiger charge is 2.32. The molecule has 0 aliphatic carbocycles. The highest BCUT2D eigenvalue weighted by molar-refractivity contribution is 5.94. The molecule has 1 aliphatic rings. The van der Waals surface area contributed by atoms with Gasteiger partial charge in [0.05, 0.1) is 34.4 Å². The summed E-state index contributed by atoms with van der Waals surface area (Å²) in [5, 5.41) is 6.87. The maximum absolute atomic E-state index is 14.3. The number of benzene rings is 2. The van der Waals surface area contributed by atoms with E-state index in [0.29, 0.717) is 35.1 Å². The number of imidazole rings is 1. The monoisotopic (exact) mass is 616 g/mol. The molecule has 228 valence electrons. The zero-order chi connectivity index (χ0) is 31.2. The minimum atomic E-state index is -4.51. The highest BCUT2D eigenvalue weighted by atomic mass is 19.4. The molecule has 4 heterocycles. The second kappa shape index (κ2) is 11.3. The van der Waals surface area contributed by atoms with Crippen LogP contribution in [-0.4, -0.2) is 48.2 Å². The molecule has 0 saturated carbocycles. The van der Waals surface area contributed by atoms with Crippen LogP contribution in [0.3, 0.4) is 0 Å². The summed E-state index contributed by atoms with van der Waals surface area (Å²) in [6.45, 7) is 0.497. The number of halogens is 6. The van der Waals surface area contributed by atoms with Crippen LogP contribution in [0.15, 0.2) is 70.0 Å². The van der Waals surface area contributed by atoms with Crippen molar-refractivity contribution in [2.24, 2.45) is 0 Å². The quantitative estimate of drug-likeness (QED) is 0.222. The maximum Gasteiger partial charge on any atom is 0.416 e. The number of rotatable bonds is 6. The normalized spacial score (nSPS) is 14.6. The number of hydrogen-bond donors (Lipinski definition) is 0. The maximum atomic E-state index is 14.3. The number of hydrogen-bond acceptors (Lipinski definition) is 6. The molecule has 1 saturated heterocycles. The van der Waals surface area contributed by atoms with Gasteiger partial charge in [-0.25, -0.2) is 9.18 Å². The van der Waals surface area contributed by atoms with Crippen LogP contribution >= 0.6 is 0 Å². The van der Waals surface area contributed by atoms with Crippen LogP contribution in [0.2, 0.25) is 0 Å². The lowest BCUT2D eigenvalue weighted by Crippen LogP contribution is -2.41. The third-order valence-corrected chi connectivity index (χ3v) is 7.52. The Balaban J connectivity index is 1.21. The molecule has 44 heavy (non-hydrogen) atoms. The van der Waals surface area contributed by atoms with Gasteiger partial charge in [0.25, 0.3) is 11.8 Å². The highest BCUT2D eigenvalue weighted by Crippen LogP contribution is 2.31. The van der Waals surface area contributed by atoms with Crippen LogP contribution in [0, 0.1) is 5.82 Å². The predicted molar refractivity (Wildman–Crippen MR) is 143 cm³/mol. The standard InChI is InChI=1S/C29H22F6N6O3/c30-19-6-8-22-23(13-19)40(15-20-7-3-17(14-36-20)25-37-38-26(44-25)24(31)32)28(43)41(22)21-9-11-39(12-10-21)27(42)16-1-4-18(5-2-16)29(33,34)35/h1-8,13-14,21,24H,9-12,15H2. The summed E-state index contributed by atoms with van der Waals surface area (Å²) in [5.74, 6) is -1.91. The van der Waals surface area contributed by atoms with Gasteiger partial charge in [0.15, 0.2) is 0 Å². The molecule has 1 aliphatic heterocycles. The zero-order valence-corrected chi connectivity index (χ0v) is 22.6. The number of aromatic nitrogens is 5. The zero-order valence-electron chi connectivity index (χ0n) is 22.6. The number of amides is 1. The molecule has 15 heteroatoms. The summed E-state index contributed by atoms with van der Waals surface area (Å²) in [4.78, 5) is 32.5. The van der Waals surface area contributed by atoms with Crippen molar-refractivity contribution in [2.75, 3.05) is 13.1 Å². The second-order valence-electron chi connectivity index (χ2n) is 10.3. The van der Waals surface area contributed by atoms with Gasteiger partial charge >= 0.3 is 18.3 Å². The fourth-order valence-corrected chi connectivity index (χ4v) is 5.32. The summed E-state index contributed by atoms with van der Waals surface area (Å²) in [7, 11) is 0. The molecular formula is C29H22F6N6O3. The third-order valence-electron chi connectivity index (χ3n) is 7.52. The number of carbonyl (C=O) groups excluding carboxylic acids is 1. The molecular weight excluding hydrogens is 594 g/mol. The fourth-order valence-electron chi connectivity index (χ4n) is 5.32. The Labute approximate surface area is 244 Å². The van der Waals surface area contributed by atoms with E-state index in [1.54, 1.807) is 10.6 Å². The molecule has 1 fully saturated rings. The van der Waals surface area contributed by atoms with Crippen molar-refractivity contribution in [2.45, 2.75) is 38.0 Å². The first-order chi connectivity index (χ1) is 21.0. The Bertz CT molecular complexity index is 1870. The molecule has 0 unspecified atom stereocenters. The summed E-state index contributed by atoms with van der Waals surface area (Å²) in [5.41, 5.74) is 0.418. The Morgan fingerprint density at radius 1 is 0.977 bits per heavy atom. The van der Waals surface area contributed by atoms with E-state index in [-0.39, 0.29) is 37.1 Å².